The van der Waals surface area contributed by atoms with Gasteiger partial charge in [0.15, 0.2) is 0 Å². The van der Waals surface area contributed by atoms with E-state index in [2.05, 4.69) is 25.9 Å². The molecule has 3 N–H and O–H groups in total. The van der Waals surface area contributed by atoms with Gasteiger partial charge >= 0.3 is 0 Å². The van der Waals surface area contributed by atoms with Crippen molar-refractivity contribution in [3.63, 3.8) is 0 Å². The number of methoxy groups -OCH3 is 1. The summed E-state index contributed by atoms with van der Waals surface area (Å²) >= 11 is 0. The average molecular weight is 363 g/mol. The van der Waals surface area contributed by atoms with Gasteiger partial charge in [0, 0.05) is 37.8 Å². The van der Waals surface area contributed by atoms with Crippen LogP contribution in [-0.2, 0) is 19.5 Å². The number of fused-ring (bicyclic) bond motifs is 1. The van der Waals surface area contributed by atoms with Crippen LogP contribution in [0.25, 0.3) is 11.3 Å². The number of rotatable bonds is 4. The second kappa shape index (κ2) is 7.20. The fourth-order valence-corrected chi connectivity index (χ4v) is 3.36. The molecule has 3 heterocycles. The first kappa shape index (κ1) is 17.2. The van der Waals surface area contributed by atoms with Crippen LogP contribution in [0.1, 0.15) is 16.8 Å². The highest BCUT2D eigenvalue weighted by atomic mass is 16.5. The highest BCUT2D eigenvalue weighted by Gasteiger charge is 2.21. The van der Waals surface area contributed by atoms with Crippen molar-refractivity contribution in [2.24, 2.45) is 0 Å². The highest BCUT2D eigenvalue weighted by molar-refractivity contribution is 5.61. The van der Waals surface area contributed by atoms with Crippen LogP contribution in [-0.4, -0.2) is 33.5 Å². The molecule has 7 nitrogen and oxygen atoms in total. The summed E-state index contributed by atoms with van der Waals surface area (Å²) in [5, 5.41) is 0. The smallest absolute Gasteiger partial charge is 0.257 e. The van der Waals surface area contributed by atoms with E-state index in [1.165, 1.54) is 0 Å². The number of nitrogens with zero attached hydrogens (tertiary/aromatic N) is 3. The first-order chi connectivity index (χ1) is 13.1. The number of hydrogen-bond acceptors (Lipinski definition) is 6. The fourth-order valence-electron chi connectivity index (χ4n) is 3.36. The Bertz CT molecular complexity index is 1010. The number of aromatic amines is 1. The van der Waals surface area contributed by atoms with E-state index in [1.54, 1.807) is 7.11 Å². The zero-order valence-electron chi connectivity index (χ0n) is 15.1. The van der Waals surface area contributed by atoms with Gasteiger partial charge in [-0.1, -0.05) is 18.2 Å². The molecule has 0 aliphatic carbocycles. The molecule has 7 heteroatoms. The molecule has 0 fully saturated rings. The number of aromatic nitrogens is 3. The zero-order chi connectivity index (χ0) is 18.8. The molecule has 1 aliphatic heterocycles. The van der Waals surface area contributed by atoms with E-state index in [9.17, 15) is 4.79 Å². The van der Waals surface area contributed by atoms with Crippen LogP contribution in [0.2, 0.25) is 0 Å². The Morgan fingerprint density at radius 1 is 1.30 bits per heavy atom. The maximum Gasteiger partial charge on any atom is 0.257 e. The van der Waals surface area contributed by atoms with Gasteiger partial charge in [0.05, 0.1) is 24.1 Å². The van der Waals surface area contributed by atoms with Crippen molar-refractivity contribution < 1.29 is 4.74 Å². The molecule has 2 aromatic heterocycles. The van der Waals surface area contributed by atoms with Gasteiger partial charge in [-0.25, -0.2) is 4.98 Å². The lowest BCUT2D eigenvalue weighted by molar-refractivity contribution is 0.241. The van der Waals surface area contributed by atoms with Crippen LogP contribution in [0.5, 0.6) is 5.75 Å². The van der Waals surface area contributed by atoms with Crippen molar-refractivity contribution in [1.29, 1.82) is 0 Å². The number of benzene rings is 1. The van der Waals surface area contributed by atoms with Gasteiger partial charge in [0.25, 0.3) is 5.56 Å². The van der Waals surface area contributed by atoms with Crippen molar-refractivity contribution in [3.05, 3.63) is 69.8 Å². The highest BCUT2D eigenvalue weighted by Crippen LogP contribution is 2.23. The van der Waals surface area contributed by atoms with Crippen molar-refractivity contribution in [2.45, 2.75) is 19.5 Å². The number of nitrogens with one attached hydrogen (secondary N) is 1. The summed E-state index contributed by atoms with van der Waals surface area (Å²) in [6.07, 6.45) is 2.61. The number of H-pyrrole nitrogens is 1. The van der Waals surface area contributed by atoms with E-state index >= 15 is 0 Å². The maximum atomic E-state index is 12.1. The second-order valence-corrected chi connectivity index (χ2v) is 6.62. The van der Waals surface area contributed by atoms with Crippen molar-refractivity contribution in [3.8, 4) is 17.0 Å². The van der Waals surface area contributed by atoms with Crippen LogP contribution in [0.3, 0.4) is 0 Å². The number of hydrogen-bond donors (Lipinski definition) is 2. The Morgan fingerprint density at radius 2 is 2.19 bits per heavy atom. The van der Waals surface area contributed by atoms with Gasteiger partial charge in [0.1, 0.15) is 5.75 Å². The molecule has 0 unspecified atom stereocenters. The van der Waals surface area contributed by atoms with E-state index in [-0.39, 0.29) is 11.5 Å². The van der Waals surface area contributed by atoms with E-state index < -0.39 is 0 Å². The summed E-state index contributed by atoms with van der Waals surface area (Å²) in [7, 11) is 1.65. The number of pyridine rings is 1. The minimum atomic E-state index is -0.145. The predicted octanol–water partition coefficient (Wildman–Crippen LogP) is 1.98. The van der Waals surface area contributed by atoms with Crippen LogP contribution >= 0.6 is 0 Å². The average Bonchev–Trinajstić information content (AvgIpc) is 2.69. The molecule has 0 amide bonds. The van der Waals surface area contributed by atoms with E-state index in [4.69, 9.17) is 10.5 Å². The minimum absolute atomic E-state index is 0.145. The second-order valence-electron chi connectivity index (χ2n) is 6.62. The monoisotopic (exact) mass is 363 g/mol. The normalized spacial score (nSPS) is 14.0. The van der Waals surface area contributed by atoms with Crippen LogP contribution < -0.4 is 16.0 Å². The Balaban J connectivity index is 1.48. The molecule has 0 saturated carbocycles. The molecule has 0 spiro atoms. The fraction of sp³-hybridized carbons (Fsp3) is 0.250. The van der Waals surface area contributed by atoms with Crippen LogP contribution in [0.15, 0.2) is 47.4 Å². The Hall–Kier alpha value is -3.19. The third-order valence-electron chi connectivity index (χ3n) is 4.76. The molecule has 3 aromatic rings. The summed E-state index contributed by atoms with van der Waals surface area (Å²) in [4.78, 5) is 25.7. The molecule has 1 aliphatic rings. The van der Waals surface area contributed by atoms with E-state index in [0.717, 1.165) is 47.8 Å². The number of anilines is 1. The van der Waals surface area contributed by atoms with Gasteiger partial charge in [-0.15, -0.1) is 0 Å². The quantitative estimate of drug-likeness (QED) is 0.736. The Morgan fingerprint density at radius 3 is 2.96 bits per heavy atom. The van der Waals surface area contributed by atoms with Crippen LogP contribution in [0.4, 0.5) is 5.95 Å². The predicted molar refractivity (Wildman–Crippen MR) is 103 cm³/mol. The number of nitrogen functional groups attached to an aromatic ring is 1. The molecular formula is C20H21N5O2. The summed E-state index contributed by atoms with van der Waals surface area (Å²) in [6, 6.07) is 11.9. The molecule has 0 bridgehead atoms. The van der Waals surface area contributed by atoms with Crippen molar-refractivity contribution >= 4 is 5.95 Å². The summed E-state index contributed by atoms with van der Waals surface area (Å²) in [5.74, 6) is 0.995. The topological polar surface area (TPSA) is 97.1 Å². The maximum absolute atomic E-state index is 12.1. The molecule has 0 saturated heterocycles. The van der Waals surface area contributed by atoms with E-state index in [0.29, 0.717) is 12.1 Å². The van der Waals surface area contributed by atoms with Gasteiger partial charge in [-0.05, 0) is 23.8 Å². The molecule has 0 radical (unpaired) electrons. The first-order valence-electron chi connectivity index (χ1n) is 8.81. The minimum Gasteiger partial charge on any atom is -0.497 e. The van der Waals surface area contributed by atoms with Crippen molar-refractivity contribution in [2.75, 3.05) is 19.4 Å². The van der Waals surface area contributed by atoms with Gasteiger partial charge in [-0.3, -0.25) is 19.7 Å². The van der Waals surface area contributed by atoms with Gasteiger partial charge < -0.3 is 10.5 Å². The number of ether oxygens (including phenoxy) is 1. The van der Waals surface area contributed by atoms with E-state index in [1.807, 2.05) is 36.5 Å². The van der Waals surface area contributed by atoms with Crippen LogP contribution in [0, 0.1) is 0 Å². The lowest BCUT2D eigenvalue weighted by Crippen LogP contribution is -2.35. The molecular weight excluding hydrogens is 342 g/mol. The summed E-state index contributed by atoms with van der Waals surface area (Å²) < 4.78 is 5.27. The lowest BCUT2D eigenvalue weighted by atomic mass is 10.1. The molecule has 0 atom stereocenters. The van der Waals surface area contributed by atoms with Gasteiger partial charge in [0.2, 0.25) is 5.95 Å². The summed E-state index contributed by atoms with van der Waals surface area (Å²) in [6.45, 7) is 2.13. The largest absolute Gasteiger partial charge is 0.497 e. The zero-order valence-corrected chi connectivity index (χ0v) is 15.1. The molecule has 4 rings (SSSR count). The van der Waals surface area contributed by atoms with Gasteiger partial charge in [-0.2, -0.15) is 0 Å². The molecule has 138 valence electrons. The molecule has 27 heavy (non-hydrogen) atoms. The Labute approximate surface area is 156 Å². The Kier molecular flexibility index (Phi) is 4.60. The molecule has 1 aromatic carbocycles. The number of nitrogens with two attached hydrogens (primary N) is 1. The third kappa shape index (κ3) is 3.68. The third-order valence-corrected chi connectivity index (χ3v) is 4.76. The first-order valence-corrected chi connectivity index (χ1v) is 8.81. The lowest BCUT2D eigenvalue weighted by Gasteiger charge is -2.27. The standard InChI is InChI=1S/C20H21N5O2/c1-27-15-4-2-3-14(9-15)17-6-5-13(10-22-17)11-25-8-7-18-16(12-25)19(26)24-20(21)23-18/h2-6,9-10H,7-8,11-12H2,1H3,(H3,21,23,24,26). The van der Waals surface area contributed by atoms with Crippen molar-refractivity contribution in [1.82, 2.24) is 19.9 Å². The summed E-state index contributed by atoms with van der Waals surface area (Å²) in [5.41, 5.74) is 10.0. The SMILES string of the molecule is COc1cccc(-c2ccc(CN3CCc4nc(N)[nH]c(=O)c4C3)cn2)c1.